The summed E-state index contributed by atoms with van der Waals surface area (Å²) in [5.74, 6) is 0.623. The highest BCUT2D eigenvalue weighted by molar-refractivity contribution is 8.00. The van der Waals surface area contributed by atoms with E-state index in [1.165, 1.54) is 32.6 Å². The van der Waals surface area contributed by atoms with E-state index in [0.29, 0.717) is 33.5 Å². The first-order valence-corrected chi connectivity index (χ1v) is 10.8. The molecule has 0 atom stereocenters. The van der Waals surface area contributed by atoms with Crippen LogP contribution in [0.1, 0.15) is 43.7 Å². The molecule has 0 heterocycles. The van der Waals surface area contributed by atoms with Gasteiger partial charge in [-0.2, -0.15) is 11.8 Å². The van der Waals surface area contributed by atoms with Gasteiger partial charge in [0, 0.05) is 30.2 Å². The number of thioether (sulfide) groups is 1. The SMILES string of the molecule is CC(=O)Nc1cc(C)c(S(=O)(=O)NCCSC2CCCC2)c(C)c1. The maximum atomic E-state index is 12.6. The summed E-state index contributed by atoms with van der Waals surface area (Å²) < 4.78 is 27.9. The zero-order valence-electron chi connectivity index (χ0n) is 14.5. The molecule has 5 nitrogen and oxygen atoms in total. The number of aryl methyl sites for hydroxylation is 2. The normalized spacial score (nSPS) is 15.6. The van der Waals surface area contributed by atoms with E-state index in [1.807, 2.05) is 11.8 Å². The number of carbonyl (C=O) groups excluding carboxylic acids is 1. The van der Waals surface area contributed by atoms with E-state index >= 15 is 0 Å². The molecule has 1 fully saturated rings. The lowest BCUT2D eigenvalue weighted by molar-refractivity contribution is -0.114. The van der Waals surface area contributed by atoms with Crippen LogP contribution in [0.15, 0.2) is 17.0 Å². The molecular formula is C17H26N2O3S2. The third kappa shape index (κ3) is 5.22. The molecule has 0 unspecified atom stereocenters. The molecule has 1 aromatic rings. The fraction of sp³-hybridized carbons (Fsp3) is 0.588. The van der Waals surface area contributed by atoms with E-state index < -0.39 is 10.0 Å². The Bertz CT molecular complexity index is 673. The zero-order chi connectivity index (χ0) is 17.7. The number of benzene rings is 1. The fourth-order valence-corrected chi connectivity index (χ4v) is 6.01. The van der Waals surface area contributed by atoms with Crippen LogP contribution < -0.4 is 10.0 Å². The molecule has 1 aliphatic rings. The molecule has 0 spiro atoms. The van der Waals surface area contributed by atoms with Crippen LogP contribution in [0, 0.1) is 13.8 Å². The highest BCUT2D eigenvalue weighted by Gasteiger charge is 2.21. The van der Waals surface area contributed by atoms with Crippen molar-refractivity contribution in [2.45, 2.75) is 56.6 Å². The van der Waals surface area contributed by atoms with Gasteiger partial charge in [0.2, 0.25) is 15.9 Å². The molecule has 0 bridgehead atoms. The Balaban J connectivity index is 2.01. The van der Waals surface area contributed by atoms with Gasteiger partial charge in [-0.15, -0.1) is 0 Å². The molecule has 0 aromatic heterocycles. The molecule has 1 aliphatic carbocycles. The minimum absolute atomic E-state index is 0.175. The van der Waals surface area contributed by atoms with Crippen LogP contribution in [-0.2, 0) is 14.8 Å². The Labute approximate surface area is 149 Å². The van der Waals surface area contributed by atoms with Crippen molar-refractivity contribution in [3.8, 4) is 0 Å². The predicted molar refractivity (Wildman–Crippen MR) is 100 cm³/mol. The highest BCUT2D eigenvalue weighted by Crippen LogP contribution is 2.29. The first-order chi connectivity index (χ1) is 11.3. The Morgan fingerprint density at radius 1 is 1.21 bits per heavy atom. The van der Waals surface area contributed by atoms with Crippen LogP contribution in [0.4, 0.5) is 5.69 Å². The number of rotatable bonds is 7. The monoisotopic (exact) mass is 370 g/mol. The molecule has 0 aliphatic heterocycles. The smallest absolute Gasteiger partial charge is 0.241 e. The van der Waals surface area contributed by atoms with Crippen molar-refractivity contribution in [1.82, 2.24) is 4.72 Å². The maximum Gasteiger partial charge on any atom is 0.241 e. The number of amides is 1. The predicted octanol–water partition coefficient (Wildman–Crippen LogP) is 3.22. The number of nitrogens with one attached hydrogen (secondary N) is 2. The minimum atomic E-state index is -3.54. The first kappa shape index (κ1) is 19.3. The molecule has 7 heteroatoms. The summed E-state index contributed by atoms with van der Waals surface area (Å²) in [7, 11) is -3.54. The second-order valence-electron chi connectivity index (χ2n) is 6.30. The van der Waals surface area contributed by atoms with Crippen molar-refractivity contribution in [2.24, 2.45) is 0 Å². The van der Waals surface area contributed by atoms with Gasteiger partial charge in [-0.1, -0.05) is 12.8 Å². The van der Waals surface area contributed by atoms with E-state index in [1.54, 1.807) is 26.0 Å². The second-order valence-corrected chi connectivity index (χ2v) is 9.41. The molecule has 0 radical (unpaired) electrons. The largest absolute Gasteiger partial charge is 0.326 e. The lowest BCUT2D eigenvalue weighted by Crippen LogP contribution is -2.28. The van der Waals surface area contributed by atoms with Crippen LogP contribution in [0.2, 0.25) is 0 Å². The van der Waals surface area contributed by atoms with Crippen LogP contribution in [0.3, 0.4) is 0 Å². The number of hydrogen-bond acceptors (Lipinski definition) is 4. The van der Waals surface area contributed by atoms with Gasteiger partial charge < -0.3 is 5.32 Å². The molecule has 2 N–H and O–H groups in total. The van der Waals surface area contributed by atoms with E-state index in [-0.39, 0.29) is 5.91 Å². The maximum absolute atomic E-state index is 12.6. The molecule has 1 aromatic carbocycles. The van der Waals surface area contributed by atoms with Gasteiger partial charge in [0.05, 0.1) is 4.90 Å². The van der Waals surface area contributed by atoms with Crippen LogP contribution in [0.5, 0.6) is 0 Å². The molecule has 2 rings (SSSR count). The van der Waals surface area contributed by atoms with Crippen molar-refractivity contribution in [3.63, 3.8) is 0 Å². The van der Waals surface area contributed by atoms with Gasteiger partial charge in [-0.05, 0) is 49.9 Å². The molecule has 134 valence electrons. The summed E-state index contributed by atoms with van der Waals surface area (Å²) in [4.78, 5) is 11.5. The molecule has 0 saturated heterocycles. The average molecular weight is 371 g/mol. The van der Waals surface area contributed by atoms with E-state index in [4.69, 9.17) is 0 Å². The van der Waals surface area contributed by atoms with Crippen molar-refractivity contribution in [3.05, 3.63) is 23.3 Å². The summed E-state index contributed by atoms with van der Waals surface area (Å²) in [5.41, 5.74) is 1.89. The minimum Gasteiger partial charge on any atom is -0.326 e. The lowest BCUT2D eigenvalue weighted by Gasteiger charge is -2.15. The summed E-state index contributed by atoms with van der Waals surface area (Å²) in [6.07, 6.45) is 5.09. The van der Waals surface area contributed by atoms with E-state index in [2.05, 4.69) is 10.0 Å². The van der Waals surface area contributed by atoms with Crippen molar-refractivity contribution >= 4 is 33.4 Å². The Hall–Kier alpha value is -1.05. The van der Waals surface area contributed by atoms with Gasteiger partial charge in [0.15, 0.2) is 0 Å². The number of anilines is 1. The standard InChI is InChI=1S/C17H26N2O3S2/c1-12-10-15(19-14(3)20)11-13(2)17(12)24(21,22)18-8-9-23-16-6-4-5-7-16/h10-11,16,18H,4-9H2,1-3H3,(H,19,20). The summed E-state index contributed by atoms with van der Waals surface area (Å²) in [5, 5.41) is 3.38. The molecule has 24 heavy (non-hydrogen) atoms. The fourth-order valence-electron chi connectivity index (χ4n) is 3.18. The van der Waals surface area contributed by atoms with Crippen molar-refractivity contribution in [1.29, 1.82) is 0 Å². The van der Waals surface area contributed by atoms with Crippen LogP contribution in [-0.4, -0.2) is 31.9 Å². The molecule has 1 amide bonds. The average Bonchev–Trinajstić information content (AvgIpc) is 2.95. The lowest BCUT2D eigenvalue weighted by atomic mass is 10.1. The highest BCUT2D eigenvalue weighted by atomic mass is 32.2. The first-order valence-electron chi connectivity index (χ1n) is 8.29. The second kappa shape index (κ2) is 8.36. The van der Waals surface area contributed by atoms with Gasteiger partial charge in [-0.3, -0.25) is 4.79 Å². The number of hydrogen-bond donors (Lipinski definition) is 2. The van der Waals surface area contributed by atoms with Crippen LogP contribution in [0.25, 0.3) is 0 Å². The third-order valence-corrected chi connectivity index (χ3v) is 7.25. The van der Waals surface area contributed by atoms with Crippen molar-refractivity contribution < 1.29 is 13.2 Å². The molecular weight excluding hydrogens is 344 g/mol. The zero-order valence-corrected chi connectivity index (χ0v) is 16.1. The van der Waals surface area contributed by atoms with Crippen LogP contribution >= 0.6 is 11.8 Å². The van der Waals surface area contributed by atoms with Gasteiger partial charge in [0.1, 0.15) is 0 Å². The third-order valence-electron chi connectivity index (χ3n) is 4.10. The Kier molecular flexibility index (Phi) is 6.71. The Morgan fingerprint density at radius 3 is 2.33 bits per heavy atom. The number of carbonyl (C=O) groups is 1. The Morgan fingerprint density at radius 2 is 1.79 bits per heavy atom. The van der Waals surface area contributed by atoms with Gasteiger partial charge in [-0.25, -0.2) is 13.1 Å². The van der Waals surface area contributed by atoms with Crippen molar-refractivity contribution in [2.75, 3.05) is 17.6 Å². The van der Waals surface area contributed by atoms with Gasteiger partial charge >= 0.3 is 0 Å². The van der Waals surface area contributed by atoms with E-state index in [0.717, 1.165) is 5.75 Å². The topological polar surface area (TPSA) is 75.3 Å². The summed E-state index contributed by atoms with van der Waals surface area (Å²) in [6, 6.07) is 3.38. The van der Waals surface area contributed by atoms with E-state index in [9.17, 15) is 13.2 Å². The summed E-state index contributed by atoms with van der Waals surface area (Å²) in [6.45, 7) is 5.37. The molecule has 1 saturated carbocycles. The summed E-state index contributed by atoms with van der Waals surface area (Å²) >= 11 is 1.86. The van der Waals surface area contributed by atoms with Gasteiger partial charge in [0.25, 0.3) is 0 Å². The quantitative estimate of drug-likeness (QED) is 0.723. The number of sulfonamides is 1.